The molecule has 0 spiro atoms. The van der Waals surface area contributed by atoms with Crippen molar-refractivity contribution in [3.05, 3.63) is 64.4 Å². The molecule has 4 N–H and O–H groups in total. The number of carbonyl (C=O) groups is 3. The van der Waals surface area contributed by atoms with Crippen LogP contribution in [0.1, 0.15) is 309 Å². The Hall–Kier alpha value is -4.58. The first-order valence-electron chi connectivity index (χ1n) is 41.6. The number of benzene rings is 1. The number of nitrogens with zero attached hydrogens (tertiary/aromatic N) is 8. The fourth-order valence-electron chi connectivity index (χ4n) is 25.3. The van der Waals surface area contributed by atoms with E-state index in [0.717, 1.165) is 140 Å². The maximum Gasteiger partial charge on any atom is 0.264 e. The third-order valence-electron chi connectivity index (χ3n) is 29.9. The van der Waals surface area contributed by atoms with Gasteiger partial charge in [0.05, 0.1) is 45.2 Å². The molecule has 12 fully saturated rings. The van der Waals surface area contributed by atoms with E-state index >= 15 is 0 Å². The summed E-state index contributed by atoms with van der Waals surface area (Å²) >= 11 is 0. The van der Waals surface area contributed by atoms with Crippen molar-refractivity contribution < 1.29 is 47.6 Å². The van der Waals surface area contributed by atoms with Gasteiger partial charge in [0.25, 0.3) is 10.0 Å². The van der Waals surface area contributed by atoms with Crippen LogP contribution >= 0.6 is 0 Å². The second kappa shape index (κ2) is 37.6. The van der Waals surface area contributed by atoms with Crippen molar-refractivity contribution in [1.82, 2.24) is 25.2 Å². The first-order valence-corrected chi connectivity index (χ1v) is 43.0. The molecule has 2 aromatic rings. The Morgan fingerprint density at radius 2 is 0.955 bits per heavy atom. The highest BCUT2D eigenvalue weighted by molar-refractivity contribution is 7.90. The number of nitriles is 1. The highest BCUT2D eigenvalue weighted by atomic mass is 32.2. The molecule has 0 radical (unpaired) electrons. The summed E-state index contributed by atoms with van der Waals surface area (Å²) in [6.07, 6.45) is 37.1. The lowest BCUT2D eigenvalue weighted by molar-refractivity contribution is -0.285. The molecule has 1 aromatic heterocycles. The number of aromatic nitrogens is 3. The van der Waals surface area contributed by atoms with Crippen LogP contribution in [0.3, 0.4) is 0 Å². The van der Waals surface area contributed by atoms with Gasteiger partial charge in [-0.25, -0.2) is 8.42 Å². The normalized spacial score (nSPS) is 38.9. The van der Waals surface area contributed by atoms with Crippen LogP contribution in [0.2, 0.25) is 0 Å². The third kappa shape index (κ3) is 21.9. The monoisotopic (exact) mass is 1550 g/mol. The van der Waals surface area contributed by atoms with E-state index in [2.05, 4.69) is 45.6 Å². The molecular formula is C90H153N9O10S. The van der Waals surface area contributed by atoms with Crippen LogP contribution in [0.4, 0.5) is 0 Å². The van der Waals surface area contributed by atoms with Gasteiger partial charge in [-0.15, -0.1) is 0 Å². The standard InChI is InChI=1S/C24H39NO2.C22H33N3O2.C21H34O2.C11H25NO2.C7H7N3O2S.C2H3N.3CH4/c1-23(27)12-9-17-16(15-23)5-6-19-18(17)10-13-24(2)20(19)7-8-21(24)22(26)11-14-25(3)4;1-21(27)9-7-14-13(11-21)3-4-16-15(14)8-10-22(2)17(16)5-6-18(22)20(26)19-12-23-25-24-19;1-13(22)18-6-7-19-17-5-4-14-12-20(2,23)10-8-15(14)16(17)9-11-21(18,19)3;1-10(2,3)13-9(12(7)8)14-11(4,5)6;1-6-2-4-7(5-3-6)13(11,12)10-9-8;1-2-3;;;/h11,14,16-21,27H,5-10,12-13,15H2,1-4H3;12-18,27H,3-11H2,1-2H3,(H,23,24,25);14-19,23H,4-12H2,1-3H3;9H,1-8H3;2-5H,1H3;1H3;3*1H4/b14-11+;;;;;;;;/t16-,17-,18+,19+,20-,21+,23+,24-;13-,14-,15+,16+,17-,18+,21+,22-;14-,15-,16+,17+,18+,19-,20+,21+;;;;;;/m000....../s1. The first kappa shape index (κ1) is 94.3. The number of fused-ring (bicyclic) bond motifs is 15. The SMILES string of the molecule is C.C.C.CC#N.CC(=O)[C@H]1CC[C@H]2[C@@H]3CC[C@H]4C[C@](C)(O)CC[C@@H]4[C@H]3CC[C@]12C.CN(C)/C=C/C(=O)[C@H]1CC[C@H]2[C@@H]3CC[C@H]4C[C@](C)(O)CC[C@@H]4[C@H]3CC[C@]12C.CN(C)C(OC(C)(C)C)OC(C)(C)C.C[C@@]1(O)CC[C@H]2[C@@H](CC[C@@H]3[C@@H]2CC[C@]2(C)[C@@H](C(=O)c4cn[nH]n4)CC[C@@H]32)C1.Cc1ccc(S(=O)(=O)N=[N+]=[N-])cc1. The zero-order chi connectivity index (χ0) is 78.8. The smallest absolute Gasteiger partial charge is 0.264 e. The Kier molecular flexibility index (Phi) is 32.2. The topological polar surface area (TPSA) is 285 Å². The average Bonchev–Trinajstić information content (AvgIpc) is 1.49. The Balaban J connectivity index is 0.000000217. The molecule has 24 atom stereocenters. The summed E-state index contributed by atoms with van der Waals surface area (Å²) in [4.78, 5) is 44.3. The number of Topliss-reactive ketones (excluding diaryl/α,β-unsaturated/α-hetero) is 2. The number of aliphatic hydroxyl groups is 3. The number of hydrogen-bond acceptors (Lipinski definition) is 15. The lowest BCUT2D eigenvalue weighted by atomic mass is 9.49. The lowest BCUT2D eigenvalue weighted by Crippen LogP contribution is -2.51. The van der Waals surface area contributed by atoms with Gasteiger partial charge in [0.1, 0.15) is 11.5 Å². The van der Waals surface area contributed by atoms with Crippen LogP contribution in [-0.4, -0.2) is 129 Å². The van der Waals surface area contributed by atoms with E-state index in [-0.39, 0.29) is 73.2 Å². The summed E-state index contributed by atoms with van der Waals surface area (Å²) in [5, 5.41) is 49.4. The van der Waals surface area contributed by atoms with Gasteiger partial charge in [0.2, 0.25) is 6.41 Å². The van der Waals surface area contributed by atoms with E-state index in [9.17, 15) is 38.1 Å². The molecule has 110 heavy (non-hydrogen) atoms. The van der Waals surface area contributed by atoms with Gasteiger partial charge in [-0.3, -0.25) is 19.3 Å². The van der Waals surface area contributed by atoms with Gasteiger partial charge in [0.15, 0.2) is 11.6 Å². The average molecular weight is 1550 g/mol. The Labute approximate surface area is 666 Å². The van der Waals surface area contributed by atoms with Crippen molar-refractivity contribution in [2.75, 3.05) is 28.2 Å². The largest absolute Gasteiger partial charge is 0.390 e. The molecule has 12 aliphatic carbocycles. The molecule has 1 heterocycles. The number of azide groups is 1. The van der Waals surface area contributed by atoms with Crippen LogP contribution in [0.15, 0.2) is 52.2 Å². The van der Waals surface area contributed by atoms with Gasteiger partial charge in [-0.1, -0.05) is 60.7 Å². The van der Waals surface area contributed by atoms with Gasteiger partial charge in [-0.2, -0.15) is 20.7 Å². The molecule has 0 saturated heterocycles. The number of sulfonamides is 1. The van der Waals surface area contributed by atoms with E-state index < -0.39 is 26.8 Å². The molecule has 12 aliphatic rings. The third-order valence-corrected chi connectivity index (χ3v) is 31.0. The zero-order valence-electron chi connectivity index (χ0n) is 69.3. The summed E-state index contributed by atoms with van der Waals surface area (Å²) in [6, 6.07) is 7.83. The van der Waals surface area contributed by atoms with Crippen molar-refractivity contribution in [2.45, 2.75) is 339 Å². The van der Waals surface area contributed by atoms with E-state index in [1.165, 1.54) is 135 Å². The molecule has 0 unspecified atom stereocenters. The number of hydrogen-bond donors (Lipinski definition) is 4. The fourth-order valence-corrected chi connectivity index (χ4v) is 26.0. The van der Waals surface area contributed by atoms with Gasteiger partial charge in [-0.05, 0) is 392 Å². The van der Waals surface area contributed by atoms with E-state index in [1.807, 2.05) is 126 Å². The van der Waals surface area contributed by atoms with Crippen LogP contribution in [0.25, 0.3) is 10.4 Å². The summed E-state index contributed by atoms with van der Waals surface area (Å²) in [7, 11) is 4.03. The maximum atomic E-state index is 13.1. The summed E-state index contributed by atoms with van der Waals surface area (Å²) < 4.78 is 36.5. The van der Waals surface area contributed by atoms with Crippen molar-refractivity contribution in [1.29, 1.82) is 5.26 Å². The molecule has 0 aliphatic heterocycles. The maximum absolute atomic E-state index is 13.1. The number of ether oxygens (including phenoxy) is 2. The number of aromatic amines is 1. The second-order valence-electron chi connectivity index (χ2n) is 40.0. The van der Waals surface area contributed by atoms with Gasteiger partial charge < -0.3 is 29.7 Å². The minimum absolute atomic E-state index is 0. The second-order valence-corrected chi connectivity index (χ2v) is 41.6. The van der Waals surface area contributed by atoms with Crippen LogP contribution < -0.4 is 0 Å². The lowest BCUT2D eigenvalue weighted by Gasteiger charge is -2.56. The van der Waals surface area contributed by atoms with Crippen LogP contribution in [0.5, 0.6) is 0 Å². The molecule has 0 amide bonds. The molecular weight excluding hydrogens is 1400 g/mol. The van der Waals surface area contributed by atoms with E-state index in [1.54, 1.807) is 24.4 Å². The molecule has 19 nitrogen and oxygen atoms in total. The zero-order valence-corrected chi connectivity index (χ0v) is 70.1. The van der Waals surface area contributed by atoms with E-state index in [4.69, 9.17) is 20.3 Å². The quantitative estimate of drug-likeness (QED) is 0.0406. The number of carbonyl (C=O) groups excluding carboxylic acids is 3. The van der Waals surface area contributed by atoms with Crippen molar-refractivity contribution >= 4 is 27.4 Å². The summed E-state index contributed by atoms with van der Waals surface area (Å²) in [5.41, 5.74) is 8.41. The first-order chi connectivity index (χ1) is 49.9. The summed E-state index contributed by atoms with van der Waals surface area (Å²) in [5.74, 6) is 13.6. The number of allylic oxidation sites excluding steroid dienone is 1. The molecule has 0 bridgehead atoms. The number of rotatable bonds is 11. The van der Waals surface area contributed by atoms with Crippen LogP contribution in [0, 0.1) is 141 Å². The predicted octanol–water partition coefficient (Wildman–Crippen LogP) is 20.1. The predicted molar refractivity (Wildman–Crippen MR) is 441 cm³/mol. The van der Waals surface area contributed by atoms with Crippen molar-refractivity contribution in [3.63, 3.8) is 0 Å². The van der Waals surface area contributed by atoms with Gasteiger partial charge >= 0.3 is 0 Å². The highest BCUT2D eigenvalue weighted by Gasteiger charge is 2.62. The molecule has 1 aromatic carbocycles. The number of ketones is 3. The molecule has 624 valence electrons. The Morgan fingerprint density at radius 1 is 0.591 bits per heavy atom. The molecule has 14 rings (SSSR count). The number of nitrogens with one attached hydrogen (secondary N) is 1. The van der Waals surface area contributed by atoms with Gasteiger partial charge in [0, 0.05) is 54.4 Å². The van der Waals surface area contributed by atoms with E-state index in [0.29, 0.717) is 40.4 Å². The highest BCUT2D eigenvalue weighted by Crippen LogP contribution is 2.68. The molecule has 12 saturated carbocycles. The summed E-state index contributed by atoms with van der Waals surface area (Å²) in [6.45, 7) is 30.6. The van der Waals surface area contributed by atoms with Crippen molar-refractivity contribution in [2.24, 2.45) is 127 Å². The molecule has 20 heteroatoms. The Morgan fingerprint density at radius 3 is 1.30 bits per heavy atom. The number of H-pyrrole nitrogens is 1. The van der Waals surface area contributed by atoms with Crippen molar-refractivity contribution in [3.8, 4) is 6.07 Å². The minimum Gasteiger partial charge on any atom is -0.390 e. The fraction of sp³-hybridized carbons (Fsp3) is 0.844. The Bertz CT molecular complexity index is 3530. The number of aryl methyl sites for hydroxylation is 1. The van der Waals surface area contributed by atoms with Crippen LogP contribution in [-0.2, 0) is 29.1 Å². The minimum atomic E-state index is -3.82.